The Kier molecular flexibility index (Phi) is 4.83. The molecular formula is C19H23F2NS. The van der Waals surface area contributed by atoms with Gasteiger partial charge in [-0.15, -0.1) is 11.3 Å². The molecule has 0 unspecified atom stereocenters. The highest BCUT2D eigenvalue weighted by molar-refractivity contribution is 7.15. The van der Waals surface area contributed by atoms with E-state index in [0.717, 1.165) is 6.54 Å². The van der Waals surface area contributed by atoms with Crippen LogP contribution in [0.3, 0.4) is 0 Å². The zero-order valence-corrected chi connectivity index (χ0v) is 14.5. The number of halogens is 2. The Labute approximate surface area is 140 Å². The van der Waals surface area contributed by atoms with Crippen molar-refractivity contribution in [2.24, 2.45) is 0 Å². The van der Waals surface area contributed by atoms with E-state index >= 15 is 0 Å². The van der Waals surface area contributed by atoms with Gasteiger partial charge in [-0.1, -0.05) is 38.1 Å². The van der Waals surface area contributed by atoms with Crippen molar-refractivity contribution in [3.05, 3.63) is 46.8 Å². The summed E-state index contributed by atoms with van der Waals surface area (Å²) in [6.45, 7) is 6.15. The Balaban J connectivity index is 1.64. The number of thiophene rings is 1. The molecule has 124 valence electrons. The molecule has 0 spiro atoms. The van der Waals surface area contributed by atoms with Crippen LogP contribution in [-0.2, 0) is 6.54 Å². The van der Waals surface area contributed by atoms with Gasteiger partial charge in [0.1, 0.15) is 0 Å². The molecule has 0 saturated carbocycles. The third-order valence-electron chi connectivity index (χ3n) is 4.49. The summed E-state index contributed by atoms with van der Waals surface area (Å²) >= 11 is 1.76. The van der Waals surface area contributed by atoms with Crippen LogP contribution in [0.1, 0.15) is 43.0 Å². The standard InChI is InChI=1S/C19H23F2NS/c1-14(2)15-3-5-16(6-4-15)18-8-7-17(23-18)13-22-11-9-19(20,21)10-12-22/h3-8,14H,9-13H2,1-2H3. The predicted molar refractivity (Wildman–Crippen MR) is 93.3 cm³/mol. The highest BCUT2D eigenvalue weighted by Gasteiger charge is 2.33. The monoisotopic (exact) mass is 335 g/mol. The SMILES string of the molecule is CC(C)c1ccc(-c2ccc(CN3CCC(F)(F)CC3)s2)cc1. The van der Waals surface area contributed by atoms with Crippen LogP contribution in [0.2, 0.25) is 0 Å². The van der Waals surface area contributed by atoms with E-state index < -0.39 is 5.92 Å². The van der Waals surface area contributed by atoms with Crippen LogP contribution in [0, 0.1) is 0 Å². The topological polar surface area (TPSA) is 3.24 Å². The molecule has 0 amide bonds. The molecule has 4 heteroatoms. The van der Waals surface area contributed by atoms with Crippen molar-refractivity contribution in [1.82, 2.24) is 4.90 Å². The van der Waals surface area contributed by atoms with Crippen molar-refractivity contribution in [1.29, 1.82) is 0 Å². The fraction of sp³-hybridized carbons (Fsp3) is 0.474. The third-order valence-corrected chi connectivity index (χ3v) is 5.61. The molecule has 3 rings (SSSR count). The van der Waals surface area contributed by atoms with Crippen LogP contribution in [0.15, 0.2) is 36.4 Å². The van der Waals surface area contributed by atoms with Gasteiger partial charge in [0.05, 0.1) is 0 Å². The van der Waals surface area contributed by atoms with Gasteiger partial charge in [0.15, 0.2) is 0 Å². The van der Waals surface area contributed by atoms with Crippen molar-refractivity contribution < 1.29 is 8.78 Å². The predicted octanol–water partition coefficient (Wildman–Crippen LogP) is 5.77. The lowest BCUT2D eigenvalue weighted by atomic mass is 10.0. The highest BCUT2D eigenvalue weighted by Crippen LogP contribution is 2.32. The second-order valence-electron chi connectivity index (χ2n) is 6.67. The molecule has 1 saturated heterocycles. The first kappa shape index (κ1) is 16.6. The van der Waals surface area contributed by atoms with Gasteiger partial charge in [0.2, 0.25) is 0 Å². The fourth-order valence-corrected chi connectivity index (χ4v) is 3.96. The molecule has 1 aliphatic rings. The normalized spacial score (nSPS) is 18.5. The fourth-order valence-electron chi connectivity index (χ4n) is 2.91. The smallest absolute Gasteiger partial charge is 0.250 e. The van der Waals surface area contributed by atoms with Crippen LogP contribution >= 0.6 is 11.3 Å². The molecule has 0 N–H and O–H groups in total. The van der Waals surface area contributed by atoms with E-state index in [1.165, 1.54) is 20.9 Å². The molecule has 0 radical (unpaired) electrons. The average Bonchev–Trinajstić information content (AvgIpc) is 2.98. The van der Waals surface area contributed by atoms with E-state index in [2.05, 4.69) is 55.1 Å². The lowest BCUT2D eigenvalue weighted by Crippen LogP contribution is -2.38. The first-order valence-corrected chi connectivity index (χ1v) is 9.04. The average molecular weight is 335 g/mol. The molecule has 2 heterocycles. The summed E-state index contributed by atoms with van der Waals surface area (Å²) in [5.74, 6) is -1.92. The lowest BCUT2D eigenvalue weighted by Gasteiger charge is -2.31. The Morgan fingerprint density at radius 1 is 1.04 bits per heavy atom. The number of alkyl halides is 2. The largest absolute Gasteiger partial charge is 0.298 e. The number of piperidine rings is 1. The van der Waals surface area contributed by atoms with E-state index in [1.54, 1.807) is 11.3 Å². The minimum Gasteiger partial charge on any atom is -0.298 e. The third kappa shape index (κ3) is 4.18. The number of benzene rings is 1. The summed E-state index contributed by atoms with van der Waals surface area (Å²) < 4.78 is 26.4. The van der Waals surface area contributed by atoms with E-state index in [1.807, 2.05) is 0 Å². The number of hydrogen-bond acceptors (Lipinski definition) is 2. The molecule has 1 aromatic heterocycles. The minimum atomic E-state index is -2.46. The van der Waals surface area contributed by atoms with Gasteiger partial charge in [-0.25, -0.2) is 8.78 Å². The second kappa shape index (κ2) is 6.70. The molecule has 1 aromatic carbocycles. The number of hydrogen-bond donors (Lipinski definition) is 0. The van der Waals surface area contributed by atoms with Crippen LogP contribution < -0.4 is 0 Å². The first-order chi connectivity index (χ1) is 10.9. The molecule has 0 aliphatic carbocycles. The molecule has 23 heavy (non-hydrogen) atoms. The summed E-state index contributed by atoms with van der Waals surface area (Å²) in [6.07, 6.45) is -0.0240. The number of rotatable bonds is 4. The molecule has 0 bridgehead atoms. The molecule has 0 atom stereocenters. The van der Waals surface area contributed by atoms with Gasteiger partial charge in [-0.3, -0.25) is 4.90 Å². The summed E-state index contributed by atoms with van der Waals surface area (Å²) in [5, 5.41) is 0. The van der Waals surface area contributed by atoms with Crippen molar-refractivity contribution in [3.8, 4) is 10.4 Å². The van der Waals surface area contributed by atoms with E-state index in [4.69, 9.17) is 0 Å². The van der Waals surface area contributed by atoms with Gasteiger partial charge < -0.3 is 0 Å². The van der Waals surface area contributed by atoms with Gasteiger partial charge in [-0.2, -0.15) is 0 Å². The quantitative estimate of drug-likeness (QED) is 0.685. The Morgan fingerprint density at radius 3 is 2.30 bits per heavy atom. The van der Waals surface area contributed by atoms with Crippen molar-refractivity contribution in [2.45, 2.75) is 45.1 Å². The highest BCUT2D eigenvalue weighted by atomic mass is 32.1. The van der Waals surface area contributed by atoms with Gasteiger partial charge >= 0.3 is 0 Å². The zero-order chi connectivity index (χ0) is 16.4. The molecular weight excluding hydrogens is 312 g/mol. The summed E-state index contributed by atoms with van der Waals surface area (Å²) in [7, 11) is 0. The molecule has 1 fully saturated rings. The minimum absolute atomic E-state index is 0.0120. The second-order valence-corrected chi connectivity index (χ2v) is 7.84. The Morgan fingerprint density at radius 2 is 1.70 bits per heavy atom. The summed E-state index contributed by atoms with van der Waals surface area (Å²) in [4.78, 5) is 4.63. The van der Waals surface area contributed by atoms with Crippen LogP contribution in [-0.4, -0.2) is 23.9 Å². The number of nitrogens with zero attached hydrogens (tertiary/aromatic N) is 1. The van der Waals surface area contributed by atoms with Gasteiger partial charge in [-0.05, 0) is 29.2 Å². The Bertz CT molecular complexity index is 636. The molecule has 1 aliphatic heterocycles. The summed E-state index contributed by atoms with van der Waals surface area (Å²) in [6, 6.07) is 13.0. The van der Waals surface area contributed by atoms with Crippen LogP contribution in [0.25, 0.3) is 10.4 Å². The molecule has 2 aromatic rings. The van der Waals surface area contributed by atoms with E-state index in [0.29, 0.717) is 19.0 Å². The Hall–Kier alpha value is -1.26. The lowest BCUT2D eigenvalue weighted by molar-refractivity contribution is -0.0564. The van der Waals surface area contributed by atoms with E-state index in [-0.39, 0.29) is 12.8 Å². The van der Waals surface area contributed by atoms with Crippen molar-refractivity contribution in [2.75, 3.05) is 13.1 Å². The van der Waals surface area contributed by atoms with E-state index in [9.17, 15) is 8.78 Å². The molecule has 1 nitrogen and oxygen atoms in total. The van der Waals surface area contributed by atoms with Gasteiger partial charge in [0.25, 0.3) is 5.92 Å². The van der Waals surface area contributed by atoms with Crippen LogP contribution in [0.4, 0.5) is 8.78 Å². The van der Waals surface area contributed by atoms with Crippen molar-refractivity contribution in [3.63, 3.8) is 0 Å². The van der Waals surface area contributed by atoms with Crippen LogP contribution in [0.5, 0.6) is 0 Å². The summed E-state index contributed by atoms with van der Waals surface area (Å²) in [5.41, 5.74) is 2.58. The zero-order valence-electron chi connectivity index (χ0n) is 13.7. The maximum Gasteiger partial charge on any atom is 0.250 e. The maximum atomic E-state index is 13.2. The number of likely N-dealkylation sites (tertiary alicyclic amines) is 1. The van der Waals surface area contributed by atoms with Gasteiger partial charge in [0, 0.05) is 42.2 Å². The van der Waals surface area contributed by atoms with Crippen molar-refractivity contribution >= 4 is 11.3 Å². The first-order valence-electron chi connectivity index (χ1n) is 8.22. The maximum absolute atomic E-state index is 13.2.